The lowest BCUT2D eigenvalue weighted by atomic mass is 10.1. The average Bonchev–Trinajstić information content (AvgIpc) is 2.61. The third kappa shape index (κ3) is 4.91. The van der Waals surface area contributed by atoms with E-state index in [1.807, 2.05) is 32.0 Å². The summed E-state index contributed by atoms with van der Waals surface area (Å²) in [6.07, 6.45) is 1.39. The molecule has 0 aliphatic carbocycles. The number of rotatable bonds is 6. The molecule has 2 aromatic carbocycles. The molecule has 0 bridgehead atoms. The van der Waals surface area contributed by atoms with Gasteiger partial charge in [-0.15, -0.1) is 0 Å². The zero-order valence-corrected chi connectivity index (χ0v) is 14.4. The Bertz CT molecular complexity index is 780. The van der Waals surface area contributed by atoms with Crippen LogP contribution in [-0.4, -0.2) is 31.8 Å². The molecule has 1 amide bonds. The summed E-state index contributed by atoms with van der Waals surface area (Å²) in [4.78, 5) is 23.5. The number of esters is 1. The highest BCUT2D eigenvalue weighted by Crippen LogP contribution is 2.21. The minimum absolute atomic E-state index is 0.151. The second-order valence-electron chi connectivity index (χ2n) is 5.38. The van der Waals surface area contributed by atoms with Crippen LogP contribution in [0.2, 0.25) is 0 Å². The van der Waals surface area contributed by atoms with Crippen molar-refractivity contribution in [3.05, 3.63) is 64.7 Å². The number of para-hydroxylation sites is 1. The van der Waals surface area contributed by atoms with Crippen LogP contribution in [0.15, 0.2) is 47.6 Å². The molecular formula is C19H20N2O4. The van der Waals surface area contributed by atoms with Crippen LogP contribution < -0.4 is 10.2 Å². The maximum Gasteiger partial charge on any atom is 0.338 e. The molecule has 0 heterocycles. The van der Waals surface area contributed by atoms with E-state index in [9.17, 15) is 9.59 Å². The molecule has 2 rings (SSSR count). The second-order valence-corrected chi connectivity index (χ2v) is 5.38. The zero-order valence-electron chi connectivity index (χ0n) is 14.4. The van der Waals surface area contributed by atoms with Crippen molar-refractivity contribution in [2.24, 2.45) is 5.10 Å². The van der Waals surface area contributed by atoms with Crippen LogP contribution in [0.1, 0.15) is 27.0 Å². The average molecular weight is 340 g/mol. The quantitative estimate of drug-likeness (QED) is 0.498. The van der Waals surface area contributed by atoms with Gasteiger partial charge >= 0.3 is 5.97 Å². The number of nitrogens with one attached hydrogen (secondary N) is 1. The zero-order chi connectivity index (χ0) is 18.2. The van der Waals surface area contributed by atoms with E-state index in [4.69, 9.17) is 9.47 Å². The van der Waals surface area contributed by atoms with Crippen LogP contribution >= 0.6 is 0 Å². The third-order valence-electron chi connectivity index (χ3n) is 3.52. The summed E-state index contributed by atoms with van der Waals surface area (Å²) in [7, 11) is 1.31. The topological polar surface area (TPSA) is 77.0 Å². The predicted molar refractivity (Wildman–Crippen MR) is 94.9 cm³/mol. The number of carbonyl (C=O) groups is 2. The molecule has 0 aliphatic heterocycles. The molecule has 130 valence electrons. The summed E-state index contributed by atoms with van der Waals surface area (Å²) in [5.41, 5.74) is 5.22. The van der Waals surface area contributed by atoms with E-state index in [1.165, 1.54) is 13.3 Å². The first-order valence-electron chi connectivity index (χ1n) is 7.71. The lowest BCUT2D eigenvalue weighted by molar-refractivity contribution is -0.123. The van der Waals surface area contributed by atoms with Gasteiger partial charge in [-0.25, -0.2) is 10.2 Å². The number of benzene rings is 2. The van der Waals surface area contributed by atoms with Crippen LogP contribution in [0.4, 0.5) is 0 Å². The molecular weight excluding hydrogens is 320 g/mol. The first-order valence-corrected chi connectivity index (χ1v) is 7.71. The number of hydrogen-bond donors (Lipinski definition) is 1. The Morgan fingerprint density at radius 1 is 1.08 bits per heavy atom. The van der Waals surface area contributed by atoms with Crippen molar-refractivity contribution in [1.29, 1.82) is 0 Å². The van der Waals surface area contributed by atoms with Crippen LogP contribution in [0, 0.1) is 13.8 Å². The molecule has 6 nitrogen and oxygen atoms in total. The fourth-order valence-electron chi connectivity index (χ4n) is 2.28. The van der Waals surface area contributed by atoms with Gasteiger partial charge in [-0.05, 0) is 31.0 Å². The number of hydrogen-bond acceptors (Lipinski definition) is 5. The molecule has 25 heavy (non-hydrogen) atoms. The van der Waals surface area contributed by atoms with E-state index in [1.54, 1.807) is 24.3 Å². The molecule has 0 spiro atoms. The van der Waals surface area contributed by atoms with Crippen molar-refractivity contribution < 1.29 is 19.1 Å². The fourth-order valence-corrected chi connectivity index (χ4v) is 2.28. The Labute approximate surface area is 146 Å². The van der Waals surface area contributed by atoms with E-state index < -0.39 is 11.9 Å². The summed E-state index contributed by atoms with van der Waals surface area (Å²) in [5, 5.41) is 3.86. The van der Waals surface area contributed by atoms with Crippen molar-refractivity contribution in [2.45, 2.75) is 13.8 Å². The maximum absolute atomic E-state index is 11.9. The standard InChI is InChI=1S/C19H20N2O4/c1-13-7-6-8-14(2)18(13)25-12-17(22)21-20-11-15-9-4-5-10-16(15)19(23)24-3/h4-11H,12H2,1-3H3,(H,21,22)/b20-11-. The van der Waals surface area contributed by atoms with Gasteiger partial charge in [-0.1, -0.05) is 36.4 Å². The van der Waals surface area contributed by atoms with E-state index in [0.717, 1.165) is 11.1 Å². The van der Waals surface area contributed by atoms with Gasteiger partial charge in [0.15, 0.2) is 6.61 Å². The highest BCUT2D eigenvalue weighted by atomic mass is 16.5. The molecule has 0 unspecified atom stereocenters. The van der Waals surface area contributed by atoms with Crippen molar-refractivity contribution in [3.8, 4) is 5.75 Å². The number of carbonyl (C=O) groups excluding carboxylic acids is 2. The summed E-state index contributed by atoms with van der Waals surface area (Å²) in [6.45, 7) is 3.69. The maximum atomic E-state index is 11.9. The monoisotopic (exact) mass is 340 g/mol. The number of ether oxygens (including phenoxy) is 2. The first-order chi connectivity index (χ1) is 12.0. The molecule has 0 fully saturated rings. The van der Waals surface area contributed by atoms with E-state index in [0.29, 0.717) is 16.9 Å². The highest BCUT2D eigenvalue weighted by molar-refractivity contribution is 5.99. The summed E-state index contributed by atoms with van der Waals surface area (Å²) >= 11 is 0. The van der Waals surface area contributed by atoms with Crippen LogP contribution in [0.5, 0.6) is 5.75 Å². The number of methoxy groups -OCH3 is 1. The van der Waals surface area contributed by atoms with Crippen molar-refractivity contribution in [2.75, 3.05) is 13.7 Å². The minimum Gasteiger partial charge on any atom is -0.483 e. The lowest BCUT2D eigenvalue weighted by Gasteiger charge is -2.10. The van der Waals surface area contributed by atoms with Crippen molar-refractivity contribution in [3.63, 3.8) is 0 Å². The van der Waals surface area contributed by atoms with E-state index >= 15 is 0 Å². The van der Waals surface area contributed by atoms with Gasteiger partial charge in [0, 0.05) is 5.56 Å². The number of aryl methyl sites for hydroxylation is 2. The normalized spacial score (nSPS) is 10.5. The highest BCUT2D eigenvalue weighted by Gasteiger charge is 2.09. The van der Waals surface area contributed by atoms with Gasteiger partial charge < -0.3 is 9.47 Å². The molecule has 0 atom stereocenters. The molecule has 0 aromatic heterocycles. The number of hydrazone groups is 1. The van der Waals surface area contributed by atoms with Crippen LogP contribution in [0.25, 0.3) is 0 Å². The largest absolute Gasteiger partial charge is 0.483 e. The second kappa shape index (κ2) is 8.63. The molecule has 2 aromatic rings. The van der Waals surface area contributed by atoms with E-state index in [-0.39, 0.29) is 6.61 Å². The molecule has 0 saturated carbocycles. The predicted octanol–water partition coefficient (Wildman–Crippen LogP) is 2.62. The minimum atomic E-state index is -0.466. The SMILES string of the molecule is COC(=O)c1ccccc1/C=N\NC(=O)COc1c(C)cccc1C. The Balaban J connectivity index is 1.94. The lowest BCUT2D eigenvalue weighted by Crippen LogP contribution is -2.25. The Kier molecular flexibility index (Phi) is 6.28. The smallest absolute Gasteiger partial charge is 0.338 e. The van der Waals surface area contributed by atoms with Gasteiger partial charge in [0.05, 0.1) is 18.9 Å². The molecule has 0 aliphatic rings. The van der Waals surface area contributed by atoms with Crippen molar-refractivity contribution in [1.82, 2.24) is 5.43 Å². The molecule has 1 N–H and O–H groups in total. The molecule has 6 heteroatoms. The van der Waals surface area contributed by atoms with Gasteiger partial charge in [0.1, 0.15) is 5.75 Å². The van der Waals surface area contributed by atoms with E-state index in [2.05, 4.69) is 10.5 Å². The van der Waals surface area contributed by atoms with Crippen LogP contribution in [0.3, 0.4) is 0 Å². The Morgan fingerprint density at radius 3 is 2.44 bits per heavy atom. The molecule has 0 radical (unpaired) electrons. The Morgan fingerprint density at radius 2 is 1.76 bits per heavy atom. The van der Waals surface area contributed by atoms with Gasteiger partial charge in [-0.2, -0.15) is 5.10 Å². The Hall–Kier alpha value is -3.15. The molecule has 0 saturated heterocycles. The van der Waals surface area contributed by atoms with Crippen molar-refractivity contribution >= 4 is 18.1 Å². The summed E-state index contributed by atoms with van der Waals surface area (Å²) < 4.78 is 10.3. The number of amides is 1. The van der Waals surface area contributed by atoms with Crippen LogP contribution in [-0.2, 0) is 9.53 Å². The number of nitrogens with zero attached hydrogens (tertiary/aromatic N) is 1. The van der Waals surface area contributed by atoms with Gasteiger partial charge in [0.2, 0.25) is 0 Å². The first kappa shape index (κ1) is 18.2. The van der Waals surface area contributed by atoms with Gasteiger partial charge in [0.25, 0.3) is 5.91 Å². The third-order valence-corrected chi connectivity index (χ3v) is 3.52. The fraction of sp³-hybridized carbons (Fsp3) is 0.211. The summed E-state index contributed by atoms with van der Waals surface area (Å²) in [6, 6.07) is 12.6. The summed E-state index contributed by atoms with van der Waals surface area (Å²) in [5.74, 6) is -0.168. The van der Waals surface area contributed by atoms with Gasteiger partial charge in [-0.3, -0.25) is 4.79 Å².